The Balaban J connectivity index is 3.00. The summed E-state index contributed by atoms with van der Waals surface area (Å²) in [6, 6.07) is 5.07. The number of hydrogen-bond acceptors (Lipinski definition) is 3. The van der Waals surface area contributed by atoms with Gasteiger partial charge in [0.15, 0.2) is 5.78 Å². The summed E-state index contributed by atoms with van der Waals surface area (Å²) in [6.45, 7) is 2.05. The van der Waals surface area contributed by atoms with Gasteiger partial charge in [0.25, 0.3) is 0 Å². The molecular formula is C13H13ClO3S. The number of allylic oxidation sites excluding steroid dienone is 1. The summed E-state index contributed by atoms with van der Waals surface area (Å²) >= 11 is 7.41. The van der Waals surface area contributed by atoms with Gasteiger partial charge >= 0.3 is 5.97 Å². The molecule has 0 fully saturated rings. The molecule has 0 unspecified atom stereocenters. The van der Waals surface area contributed by atoms with E-state index >= 15 is 0 Å². The highest BCUT2D eigenvalue weighted by molar-refractivity contribution is 7.99. The normalized spacial score (nSPS) is 10.8. The first-order valence-corrected chi connectivity index (χ1v) is 6.78. The lowest BCUT2D eigenvalue weighted by atomic mass is 10.1. The second-order valence-corrected chi connectivity index (χ2v) is 5.10. The van der Waals surface area contributed by atoms with Gasteiger partial charge in [-0.05, 0) is 36.4 Å². The lowest BCUT2D eigenvalue weighted by Gasteiger charge is -2.06. The van der Waals surface area contributed by atoms with E-state index in [4.69, 9.17) is 16.7 Å². The van der Waals surface area contributed by atoms with Gasteiger partial charge in [0.1, 0.15) is 0 Å². The number of thioether (sulfide) groups is 1. The van der Waals surface area contributed by atoms with Crippen LogP contribution in [0.5, 0.6) is 0 Å². The van der Waals surface area contributed by atoms with Crippen LogP contribution in [0.25, 0.3) is 0 Å². The molecule has 0 aliphatic rings. The Bertz CT molecular complexity index is 483. The number of carbonyl (C=O) groups is 2. The van der Waals surface area contributed by atoms with E-state index in [2.05, 4.69) is 6.92 Å². The van der Waals surface area contributed by atoms with Crippen LogP contribution in [0.15, 0.2) is 35.2 Å². The predicted molar refractivity (Wildman–Crippen MR) is 73.6 cm³/mol. The number of aliphatic carboxylic acids is 1. The quantitative estimate of drug-likeness (QED) is 0.492. The van der Waals surface area contributed by atoms with Gasteiger partial charge in [0, 0.05) is 21.6 Å². The van der Waals surface area contributed by atoms with E-state index in [9.17, 15) is 9.59 Å². The first kappa shape index (κ1) is 14.8. The standard InChI is InChI=1S/C13H13ClO3S/c1-2-7-18-12-5-3-9(14)8-10(12)11(15)4-6-13(16)17/h3-6,8H,2,7H2,1H3,(H,16,17)/b6-4+. The molecule has 0 aliphatic heterocycles. The summed E-state index contributed by atoms with van der Waals surface area (Å²) in [6.07, 6.45) is 2.87. The highest BCUT2D eigenvalue weighted by atomic mass is 35.5. The molecule has 1 aromatic carbocycles. The third-order valence-corrected chi connectivity index (χ3v) is 3.56. The van der Waals surface area contributed by atoms with Crippen molar-refractivity contribution in [2.24, 2.45) is 0 Å². The van der Waals surface area contributed by atoms with Crippen LogP contribution in [-0.4, -0.2) is 22.6 Å². The van der Waals surface area contributed by atoms with Crippen molar-refractivity contribution in [1.29, 1.82) is 0 Å². The number of halogens is 1. The summed E-state index contributed by atoms with van der Waals surface area (Å²) in [5, 5.41) is 8.97. The molecule has 0 saturated heterocycles. The van der Waals surface area contributed by atoms with Crippen molar-refractivity contribution >= 4 is 35.1 Å². The second kappa shape index (κ2) is 7.24. The Morgan fingerprint density at radius 3 is 2.72 bits per heavy atom. The van der Waals surface area contributed by atoms with Crippen LogP contribution in [0, 0.1) is 0 Å². The summed E-state index contributed by atoms with van der Waals surface area (Å²) in [4.78, 5) is 23.1. The zero-order valence-electron chi connectivity index (χ0n) is 9.85. The van der Waals surface area contributed by atoms with E-state index in [-0.39, 0.29) is 5.78 Å². The van der Waals surface area contributed by atoms with Crippen LogP contribution in [-0.2, 0) is 4.79 Å². The van der Waals surface area contributed by atoms with Gasteiger partial charge in [-0.25, -0.2) is 4.79 Å². The number of hydrogen-bond donors (Lipinski definition) is 1. The lowest BCUT2D eigenvalue weighted by Crippen LogP contribution is -1.99. The molecule has 1 aromatic rings. The Morgan fingerprint density at radius 2 is 2.11 bits per heavy atom. The summed E-state index contributed by atoms with van der Waals surface area (Å²) < 4.78 is 0. The molecule has 0 aliphatic carbocycles. The van der Waals surface area contributed by atoms with Crippen molar-refractivity contribution in [3.63, 3.8) is 0 Å². The number of rotatable bonds is 6. The van der Waals surface area contributed by atoms with Gasteiger partial charge in [-0.1, -0.05) is 18.5 Å². The van der Waals surface area contributed by atoms with Gasteiger partial charge < -0.3 is 5.11 Å². The minimum atomic E-state index is -1.15. The molecule has 0 amide bonds. The van der Waals surface area contributed by atoms with Crippen molar-refractivity contribution in [2.45, 2.75) is 18.2 Å². The molecule has 1 rings (SSSR count). The number of carboxylic acid groups (broad SMARTS) is 1. The molecule has 0 heterocycles. The molecule has 3 nitrogen and oxygen atoms in total. The highest BCUT2D eigenvalue weighted by Gasteiger charge is 2.10. The van der Waals surface area contributed by atoms with E-state index in [1.807, 2.05) is 0 Å². The SMILES string of the molecule is CCCSc1ccc(Cl)cc1C(=O)/C=C/C(=O)O. The molecule has 0 bridgehead atoms. The van der Waals surface area contributed by atoms with Gasteiger partial charge in [-0.3, -0.25) is 4.79 Å². The smallest absolute Gasteiger partial charge is 0.328 e. The molecule has 0 atom stereocenters. The fraction of sp³-hybridized carbons (Fsp3) is 0.231. The highest BCUT2D eigenvalue weighted by Crippen LogP contribution is 2.26. The van der Waals surface area contributed by atoms with Crippen molar-refractivity contribution in [2.75, 3.05) is 5.75 Å². The zero-order chi connectivity index (χ0) is 13.5. The maximum absolute atomic E-state index is 11.9. The molecule has 0 spiro atoms. The van der Waals surface area contributed by atoms with Crippen LogP contribution in [0.4, 0.5) is 0 Å². The van der Waals surface area contributed by atoms with Crippen molar-refractivity contribution in [3.8, 4) is 0 Å². The molecular weight excluding hydrogens is 272 g/mol. The number of ketones is 1. The minimum absolute atomic E-state index is 0.349. The monoisotopic (exact) mass is 284 g/mol. The maximum atomic E-state index is 11.9. The van der Waals surface area contributed by atoms with Crippen molar-refractivity contribution < 1.29 is 14.7 Å². The average Bonchev–Trinajstić information content (AvgIpc) is 2.34. The van der Waals surface area contributed by atoms with E-state index in [0.717, 1.165) is 29.2 Å². The molecule has 18 heavy (non-hydrogen) atoms. The Morgan fingerprint density at radius 1 is 1.39 bits per heavy atom. The van der Waals surface area contributed by atoms with Crippen LogP contribution in [0.2, 0.25) is 5.02 Å². The predicted octanol–water partition coefficient (Wildman–Crippen LogP) is 3.67. The van der Waals surface area contributed by atoms with Gasteiger partial charge in [0.2, 0.25) is 0 Å². The third-order valence-electron chi connectivity index (χ3n) is 2.05. The fourth-order valence-corrected chi connectivity index (χ4v) is 2.34. The zero-order valence-corrected chi connectivity index (χ0v) is 11.4. The molecule has 5 heteroatoms. The van der Waals surface area contributed by atoms with Crippen LogP contribution in [0.3, 0.4) is 0 Å². The largest absolute Gasteiger partial charge is 0.478 e. The summed E-state index contributed by atoms with van der Waals surface area (Å²) in [5.74, 6) is -0.600. The molecule has 1 N–H and O–H groups in total. The van der Waals surface area contributed by atoms with Crippen molar-refractivity contribution in [3.05, 3.63) is 40.9 Å². The van der Waals surface area contributed by atoms with Gasteiger partial charge in [0.05, 0.1) is 0 Å². The third kappa shape index (κ3) is 4.55. The maximum Gasteiger partial charge on any atom is 0.328 e. The van der Waals surface area contributed by atoms with E-state index in [1.165, 1.54) is 0 Å². The van der Waals surface area contributed by atoms with Crippen LogP contribution in [0.1, 0.15) is 23.7 Å². The number of benzene rings is 1. The van der Waals surface area contributed by atoms with Crippen LogP contribution < -0.4 is 0 Å². The Hall–Kier alpha value is -1.26. The Kier molecular flexibility index (Phi) is 5.95. The lowest BCUT2D eigenvalue weighted by molar-refractivity contribution is -0.131. The number of carbonyl (C=O) groups excluding carboxylic acids is 1. The van der Waals surface area contributed by atoms with E-state index < -0.39 is 5.97 Å². The number of carboxylic acids is 1. The van der Waals surface area contributed by atoms with Crippen molar-refractivity contribution in [1.82, 2.24) is 0 Å². The van der Waals surface area contributed by atoms with Gasteiger partial charge in [-0.15, -0.1) is 11.8 Å². The van der Waals surface area contributed by atoms with Crippen LogP contribution >= 0.6 is 23.4 Å². The summed E-state index contributed by atoms with van der Waals surface area (Å²) in [5.41, 5.74) is 0.443. The molecule has 0 radical (unpaired) electrons. The fourth-order valence-electron chi connectivity index (χ4n) is 1.27. The Labute approximate surface area is 115 Å². The molecule has 0 aromatic heterocycles. The van der Waals surface area contributed by atoms with E-state index in [0.29, 0.717) is 10.6 Å². The molecule has 96 valence electrons. The summed E-state index contributed by atoms with van der Waals surface area (Å²) in [7, 11) is 0. The first-order valence-electron chi connectivity index (χ1n) is 5.42. The van der Waals surface area contributed by atoms with E-state index in [1.54, 1.807) is 30.0 Å². The topological polar surface area (TPSA) is 54.4 Å². The second-order valence-electron chi connectivity index (χ2n) is 3.52. The molecule has 0 saturated carbocycles. The van der Waals surface area contributed by atoms with Gasteiger partial charge in [-0.2, -0.15) is 0 Å². The average molecular weight is 285 g/mol. The minimum Gasteiger partial charge on any atom is -0.478 e. The first-order chi connectivity index (χ1) is 8.54.